The molecule has 1 aliphatic carbocycles. The minimum Gasteiger partial charge on any atom is -0.481 e. The molecule has 1 heterocycles. The SMILES string of the molecule is Cc1ccc(-c2nnc(SCC(=O)O)n2C2CC2)cc1. The van der Waals surface area contributed by atoms with Crippen LogP contribution in [0.15, 0.2) is 29.4 Å². The van der Waals surface area contributed by atoms with Crippen LogP contribution in [0.5, 0.6) is 0 Å². The predicted molar refractivity (Wildman–Crippen MR) is 76.8 cm³/mol. The quantitative estimate of drug-likeness (QED) is 0.857. The van der Waals surface area contributed by atoms with E-state index in [4.69, 9.17) is 5.11 Å². The van der Waals surface area contributed by atoms with Crippen LogP contribution in [-0.4, -0.2) is 31.6 Å². The van der Waals surface area contributed by atoms with Crippen molar-refractivity contribution in [1.82, 2.24) is 14.8 Å². The van der Waals surface area contributed by atoms with Crippen LogP contribution in [0.25, 0.3) is 11.4 Å². The van der Waals surface area contributed by atoms with Crippen molar-refractivity contribution in [3.63, 3.8) is 0 Å². The molecule has 0 unspecified atom stereocenters. The fourth-order valence-electron chi connectivity index (χ4n) is 2.06. The summed E-state index contributed by atoms with van der Waals surface area (Å²) < 4.78 is 2.08. The summed E-state index contributed by atoms with van der Waals surface area (Å²) in [6, 6.07) is 8.57. The number of aliphatic carboxylic acids is 1. The Bertz CT molecular complexity index is 632. The van der Waals surface area contributed by atoms with E-state index in [1.165, 1.54) is 17.3 Å². The molecule has 1 aromatic carbocycles. The third-order valence-electron chi connectivity index (χ3n) is 3.21. The normalized spacial score (nSPS) is 14.4. The number of carboxylic acid groups (broad SMARTS) is 1. The lowest BCUT2D eigenvalue weighted by atomic mass is 10.1. The molecule has 1 aliphatic rings. The maximum Gasteiger partial charge on any atom is 0.313 e. The second-order valence-electron chi connectivity index (χ2n) is 4.96. The van der Waals surface area contributed by atoms with Crippen molar-refractivity contribution in [2.75, 3.05) is 5.75 Å². The molecule has 1 N–H and O–H groups in total. The summed E-state index contributed by atoms with van der Waals surface area (Å²) in [6.45, 7) is 2.05. The molecule has 3 rings (SSSR count). The van der Waals surface area contributed by atoms with E-state index in [1.54, 1.807) is 0 Å². The summed E-state index contributed by atoms with van der Waals surface area (Å²) in [5.74, 6) is 0.0104. The van der Waals surface area contributed by atoms with Gasteiger partial charge in [0.1, 0.15) is 0 Å². The molecular formula is C14H15N3O2S. The molecule has 0 bridgehead atoms. The number of rotatable bonds is 5. The van der Waals surface area contributed by atoms with Crippen molar-refractivity contribution in [2.45, 2.75) is 31.0 Å². The number of hydrogen-bond acceptors (Lipinski definition) is 4. The molecule has 0 aliphatic heterocycles. The lowest BCUT2D eigenvalue weighted by Gasteiger charge is -2.08. The van der Waals surface area contributed by atoms with Crippen molar-refractivity contribution < 1.29 is 9.90 Å². The average molecular weight is 289 g/mol. The molecular weight excluding hydrogens is 274 g/mol. The van der Waals surface area contributed by atoms with Gasteiger partial charge in [-0.05, 0) is 19.8 Å². The molecule has 20 heavy (non-hydrogen) atoms. The van der Waals surface area contributed by atoms with Crippen LogP contribution in [0.1, 0.15) is 24.4 Å². The lowest BCUT2D eigenvalue weighted by molar-refractivity contribution is -0.133. The first-order valence-electron chi connectivity index (χ1n) is 6.51. The summed E-state index contributed by atoms with van der Waals surface area (Å²) >= 11 is 1.23. The number of carbonyl (C=O) groups is 1. The molecule has 1 saturated carbocycles. The number of carboxylic acids is 1. The first-order chi connectivity index (χ1) is 9.65. The zero-order valence-electron chi connectivity index (χ0n) is 11.1. The molecule has 5 nitrogen and oxygen atoms in total. The van der Waals surface area contributed by atoms with Gasteiger partial charge in [-0.25, -0.2) is 0 Å². The molecule has 0 radical (unpaired) electrons. The van der Waals surface area contributed by atoms with Crippen LogP contribution in [0.3, 0.4) is 0 Å². The van der Waals surface area contributed by atoms with Crippen LogP contribution >= 0.6 is 11.8 Å². The van der Waals surface area contributed by atoms with Gasteiger partial charge in [0, 0.05) is 11.6 Å². The highest BCUT2D eigenvalue weighted by Gasteiger charge is 2.30. The number of nitrogens with zero attached hydrogens (tertiary/aromatic N) is 3. The Morgan fingerprint density at radius 2 is 2.05 bits per heavy atom. The number of benzene rings is 1. The van der Waals surface area contributed by atoms with Crippen LogP contribution < -0.4 is 0 Å². The largest absolute Gasteiger partial charge is 0.481 e. The van der Waals surface area contributed by atoms with Gasteiger partial charge in [0.15, 0.2) is 11.0 Å². The monoisotopic (exact) mass is 289 g/mol. The summed E-state index contributed by atoms with van der Waals surface area (Å²) in [5, 5.41) is 17.9. The van der Waals surface area contributed by atoms with E-state index in [0.717, 1.165) is 24.2 Å². The summed E-state index contributed by atoms with van der Waals surface area (Å²) in [4.78, 5) is 10.7. The number of aryl methyl sites for hydroxylation is 1. The molecule has 1 fully saturated rings. The zero-order valence-corrected chi connectivity index (χ0v) is 11.9. The van der Waals surface area contributed by atoms with Crippen LogP contribution in [0.4, 0.5) is 0 Å². The van der Waals surface area contributed by atoms with Crippen molar-refractivity contribution >= 4 is 17.7 Å². The van der Waals surface area contributed by atoms with Gasteiger partial charge in [-0.1, -0.05) is 41.6 Å². The Kier molecular flexibility index (Phi) is 3.48. The highest BCUT2D eigenvalue weighted by molar-refractivity contribution is 7.99. The Hall–Kier alpha value is -1.82. The highest BCUT2D eigenvalue weighted by atomic mass is 32.2. The molecule has 0 spiro atoms. The lowest BCUT2D eigenvalue weighted by Crippen LogP contribution is -2.03. The van der Waals surface area contributed by atoms with Crippen molar-refractivity contribution in [2.24, 2.45) is 0 Å². The molecule has 6 heteroatoms. The Morgan fingerprint density at radius 3 is 2.65 bits per heavy atom. The van der Waals surface area contributed by atoms with Gasteiger partial charge in [-0.15, -0.1) is 10.2 Å². The molecule has 1 aromatic heterocycles. The highest BCUT2D eigenvalue weighted by Crippen LogP contribution is 2.40. The maximum absolute atomic E-state index is 10.7. The second kappa shape index (κ2) is 5.28. The van der Waals surface area contributed by atoms with E-state index < -0.39 is 5.97 Å². The molecule has 0 atom stereocenters. The van der Waals surface area contributed by atoms with E-state index in [-0.39, 0.29) is 5.75 Å². The summed E-state index contributed by atoms with van der Waals surface area (Å²) in [5.41, 5.74) is 2.23. The van der Waals surface area contributed by atoms with E-state index >= 15 is 0 Å². The first kappa shape index (κ1) is 13.2. The van der Waals surface area contributed by atoms with Gasteiger partial charge < -0.3 is 5.11 Å². The third-order valence-corrected chi connectivity index (χ3v) is 4.14. The van der Waals surface area contributed by atoms with Crippen molar-refractivity contribution in [3.05, 3.63) is 29.8 Å². The van der Waals surface area contributed by atoms with Crippen LogP contribution in [0.2, 0.25) is 0 Å². The topological polar surface area (TPSA) is 68.0 Å². The van der Waals surface area contributed by atoms with E-state index in [2.05, 4.69) is 14.8 Å². The molecule has 0 amide bonds. The Labute approximate surface area is 121 Å². The molecule has 2 aromatic rings. The van der Waals surface area contributed by atoms with E-state index in [0.29, 0.717) is 11.2 Å². The predicted octanol–water partition coefficient (Wildman–Crippen LogP) is 2.77. The fraction of sp³-hybridized carbons (Fsp3) is 0.357. The van der Waals surface area contributed by atoms with Gasteiger partial charge in [-0.3, -0.25) is 9.36 Å². The smallest absolute Gasteiger partial charge is 0.313 e. The molecule has 104 valence electrons. The van der Waals surface area contributed by atoms with Crippen LogP contribution in [-0.2, 0) is 4.79 Å². The van der Waals surface area contributed by atoms with Crippen molar-refractivity contribution in [3.8, 4) is 11.4 Å². The van der Waals surface area contributed by atoms with Gasteiger partial charge in [-0.2, -0.15) is 0 Å². The average Bonchev–Trinajstić information content (AvgIpc) is 3.17. The zero-order chi connectivity index (χ0) is 14.1. The molecule has 0 saturated heterocycles. The van der Waals surface area contributed by atoms with Gasteiger partial charge >= 0.3 is 5.97 Å². The number of aromatic nitrogens is 3. The number of thioether (sulfide) groups is 1. The van der Waals surface area contributed by atoms with Gasteiger partial charge in [0.05, 0.1) is 5.75 Å². The fourth-order valence-corrected chi connectivity index (χ4v) is 2.79. The van der Waals surface area contributed by atoms with Crippen LogP contribution in [0, 0.1) is 6.92 Å². The first-order valence-corrected chi connectivity index (χ1v) is 7.50. The van der Waals surface area contributed by atoms with Gasteiger partial charge in [0.25, 0.3) is 0 Å². The standard InChI is InChI=1S/C14H15N3O2S/c1-9-2-4-10(5-3-9)13-15-16-14(20-8-12(18)19)17(13)11-6-7-11/h2-5,11H,6-8H2,1H3,(H,18,19). The second-order valence-corrected chi connectivity index (χ2v) is 5.90. The minimum absolute atomic E-state index is 0.0126. The summed E-state index contributed by atoms with van der Waals surface area (Å²) in [6.07, 6.45) is 2.22. The maximum atomic E-state index is 10.7. The van der Waals surface area contributed by atoms with E-state index in [9.17, 15) is 4.79 Å². The minimum atomic E-state index is -0.836. The number of hydrogen-bond donors (Lipinski definition) is 1. The Morgan fingerprint density at radius 1 is 1.35 bits per heavy atom. The van der Waals surface area contributed by atoms with Crippen molar-refractivity contribution in [1.29, 1.82) is 0 Å². The van der Waals surface area contributed by atoms with Gasteiger partial charge in [0.2, 0.25) is 0 Å². The Balaban J connectivity index is 1.94. The third kappa shape index (κ3) is 2.70. The summed E-state index contributed by atoms with van der Waals surface area (Å²) in [7, 11) is 0. The van der Waals surface area contributed by atoms with E-state index in [1.807, 2.05) is 31.2 Å².